The van der Waals surface area contributed by atoms with Gasteiger partial charge in [0.1, 0.15) is 0 Å². The Morgan fingerprint density at radius 3 is 2.71 bits per heavy atom. The molecule has 4 rings (SSSR count). The lowest BCUT2D eigenvalue weighted by molar-refractivity contribution is 0.102. The zero-order valence-corrected chi connectivity index (χ0v) is 14.7. The molecule has 0 radical (unpaired) electrons. The third-order valence-corrected chi connectivity index (χ3v) is 5.55. The highest BCUT2D eigenvalue weighted by atomic mass is 32.1. The Bertz CT molecular complexity index is 747. The number of thiazole rings is 1. The summed E-state index contributed by atoms with van der Waals surface area (Å²) in [4.78, 5) is 21.9. The monoisotopic (exact) mass is 342 g/mol. The zero-order chi connectivity index (χ0) is 16.5. The van der Waals surface area contributed by atoms with Gasteiger partial charge in [-0.25, -0.2) is 4.98 Å². The van der Waals surface area contributed by atoms with Crippen LogP contribution >= 0.6 is 11.3 Å². The SMILES string of the molecule is Cc1ccc(C(=O)Nc2nc(C3CCNCC3)cs2)c(C2CC2)n1. The van der Waals surface area contributed by atoms with E-state index in [1.54, 1.807) is 0 Å². The lowest BCUT2D eigenvalue weighted by Gasteiger charge is -2.20. The van der Waals surface area contributed by atoms with Gasteiger partial charge in [-0.2, -0.15) is 0 Å². The van der Waals surface area contributed by atoms with Gasteiger partial charge in [-0.3, -0.25) is 15.1 Å². The minimum absolute atomic E-state index is 0.0874. The normalized spacial score (nSPS) is 18.5. The molecule has 5 nitrogen and oxygen atoms in total. The van der Waals surface area contributed by atoms with Gasteiger partial charge in [-0.15, -0.1) is 11.3 Å². The molecule has 126 valence electrons. The number of piperidine rings is 1. The number of hydrogen-bond acceptors (Lipinski definition) is 5. The number of carbonyl (C=O) groups excluding carboxylic acids is 1. The largest absolute Gasteiger partial charge is 0.317 e. The van der Waals surface area contributed by atoms with E-state index in [9.17, 15) is 4.79 Å². The zero-order valence-electron chi connectivity index (χ0n) is 13.8. The molecule has 1 amide bonds. The Morgan fingerprint density at radius 2 is 1.96 bits per heavy atom. The summed E-state index contributed by atoms with van der Waals surface area (Å²) in [5, 5.41) is 9.12. The van der Waals surface area contributed by atoms with Gasteiger partial charge in [0.05, 0.1) is 17.0 Å². The third-order valence-electron chi connectivity index (χ3n) is 4.77. The molecule has 0 atom stereocenters. The molecule has 24 heavy (non-hydrogen) atoms. The fourth-order valence-electron chi connectivity index (χ4n) is 3.25. The van der Waals surface area contributed by atoms with Gasteiger partial charge < -0.3 is 5.32 Å². The highest BCUT2D eigenvalue weighted by Gasteiger charge is 2.30. The maximum atomic E-state index is 12.7. The second-order valence-electron chi connectivity index (χ2n) is 6.72. The first-order chi connectivity index (χ1) is 11.7. The minimum atomic E-state index is -0.0874. The van der Waals surface area contributed by atoms with Gasteiger partial charge in [0, 0.05) is 22.9 Å². The van der Waals surface area contributed by atoms with Crippen molar-refractivity contribution in [3.05, 3.63) is 40.2 Å². The summed E-state index contributed by atoms with van der Waals surface area (Å²) < 4.78 is 0. The highest BCUT2D eigenvalue weighted by Crippen LogP contribution is 2.40. The third kappa shape index (κ3) is 3.35. The number of nitrogens with zero attached hydrogens (tertiary/aromatic N) is 2. The Hall–Kier alpha value is -1.79. The van der Waals surface area contributed by atoms with Crippen molar-refractivity contribution < 1.29 is 4.79 Å². The van der Waals surface area contributed by atoms with E-state index >= 15 is 0 Å². The molecule has 1 aliphatic heterocycles. The number of nitrogens with one attached hydrogen (secondary N) is 2. The van der Waals surface area contributed by atoms with Crippen LogP contribution in [-0.4, -0.2) is 29.0 Å². The summed E-state index contributed by atoms with van der Waals surface area (Å²) in [5.41, 5.74) is 3.72. The summed E-state index contributed by atoms with van der Waals surface area (Å²) in [6, 6.07) is 3.80. The molecule has 0 unspecified atom stereocenters. The van der Waals surface area contributed by atoms with Gasteiger partial charge >= 0.3 is 0 Å². The number of hydrogen-bond donors (Lipinski definition) is 2. The van der Waals surface area contributed by atoms with Crippen molar-refractivity contribution in [3.63, 3.8) is 0 Å². The summed E-state index contributed by atoms with van der Waals surface area (Å²) in [6.45, 7) is 4.06. The average molecular weight is 342 g/mol. The molecular formula is C18H22N4OS. The Morgan fingerprint density at radius 1 is 1.17 bits per heavy atom. The molecule has 0 bridgehead atoms. The minimum Gasteiger partial charge on any atom is -0.317 e. The Labute approximate surface area is 145 Å². The Kier molecular flexibility index (Phi) is 4.33. The average Bonchev–Trinajstić information content (AvgIpc) is 3.35. The quantitative estimate of drug-likeness (QED) is 0.893. The standard InChI is InChI=1S/C18H22N4OS/c1-11-2-5-14(16(20-11)13-3-4-13)17(23)22-18-21-15(10-24-18)12-6-8-19-9-7-12/h2,5,10,12-13,19H,3-4,6-9H2,1H3,(H,21,22,23). The first-order valence-corrected chi connectivity index (χ1v) is 9.53. The lowest BCUT2D eigenvalue weighted by Crippen LogP contribution is -2.26. The lowest BCUT2D eigenvalue weighted by atomic mass is 9.96. The number of pyridine rings is 1. The van der Waals surface area contributed by atoms with Crippen molar-refractivity contribution in [1.29, 1.82) is 0 Å². The maximum absolute atomic E-state index is 12.7. The number of aryl methyl sites for hydroxylation is 1. The van der Waals surface area contributed by atoms with E-state index in [0.29, 0.717) is 22.5 Å². The van der Waals surface area contributed by atoms with Gasteiger partial charge in [0.2, 0.25) is 0 Å². The molecule has 1 saturated heterocycles. The van der Waals surface area contributed by atoms with Crippen molar-refractivity contribution in [2.24, 2.45) is 0 Å². The second-order valence-corrected chi connectivity index (χ2v) is 7.57. The van der Waals surface area contributed by atoms with Crippen LogP contribution in [0.4, 0.5) is 5.13 Å². The highest BCUT2D eigenvalue weighted by molar-refractivity contribution is 7.14. The van der Waals surface area contributed by atoms with E-state index in [1.807, 2.05) is 19.1 Å². The maximum Gasteiger partial charge on any atom is 0.259 e. The van der Waals surface area contributed by atoms with Crippen LogP contribution in [0.1, 0.15) is 65.0 Å². The van der Waals surface area contributed by atoms with Crippen molar-refractivity contribution in [1.82, 2.24) is 15.3 Å². The fourth-order valence-corrected chi connectivity index (χ4v) is 4.04. The molecule has 0 aromatic carbocycles. The van der Waals surface area contributed by atoms with E-state index in [0.717, 1.165) is 55.9 Å². The van der Waals surface area contributed by atoms with Crippen LogP contribution in [0, 0.1) is 6.92 Å². The summed E-state index contributed by atoms with van der Waals surface area (Å²) >= 11 is 1.52. The van der Waals surface area contributed by atoms with Gasteiger partial charge in [-0.1, -0.05) is 0 Å². The van der Waals surface area contributed by atoms with E-state index in [-0.39, 0.29) is 5.91 Å². The molecule has 2 N–H and O–H groups in total. The van der Waals surface area contributed by atoms with Crippen LogP contribution in [0.2, 0.25) is 0 Å². The van der Waals surface area contributed by atoms with Crippen LogP contribution in [-0.2, 0) is 0 Å². The van der Waals surface area contributed by atoms with Gasteiger partial charge in [-0.05, 0) is 57.8 Å². The predicted octanol–water partition coefficient (Wildman–Crippen LogP) is 3.44. The first-order valence-electron chi connectivity index (χ1n) is 8.66. The summed E-state index contributed by atoms with van der Waals surface area (Å²) in [7, 11) is 0. The summed E-state index contributed by atoms with van der Waals surface area (Å²) in [6.07, 6.45) is 4.50. The van der Waals surface area contributed by atoms with Crippen molar-refractivity contribution in [2.45, 2.75) is 44.4 Å². The topological polar surface area (TPSA) is 66.9 Å². The van der Waals surface area contributed by atoms with E-state index in [1.165, 1.54) is 11.3 Å². The van der Waals surface area contributed by atoms with Crippen LogP contribution in [0.25, 0.3) is 0 Å². The molecule has 1 aliphatic carbocycles. The Balaban J connectivity index is 1.49. The smallest absolute Gasteiger partial charge is 0.259 e. The number of anilines is 1. The molecule has 0 spiro atoms. The predicted molar refractivity (Wildman–Crippen MR) is 95.9 cm³/mol. The number of carbonyl (C=O) groups is 1. The molecule has 2 aromatic rings. The summed E-state index contributed by atoms with van der Waals surface area (Å²) in [5.74, 6) is 0.874. The van der Waals surface area contributed by atoms with Crippen LogP contribution in [0.5, 0.6) is 0 Å². The second kappa shape index (κ2) is 6.61. The molecule has 2 aliphatic rings. The van der Waals surface area contributed by atoms with E-state index in [4.69, 9.17) is 0 Å². The molecule has 6 heteroatoms. The molecular weight excluding hydrogens is 320 g/mol. The van der Waals surface area contributed by atoms with E-state index < -0.39 is 0 Å². The molecule has 2 aromatic heterocycles. The molecule has 3 heterocycles. The van der Waals surface area contributed by atoms with Crippen LogP contribution in [0.3, 0.4) is 0 Å². The fraction of sp³-hybridized carbons (Fsp3) is 0.500. The van der Waals surface area contributed by atoms with Crippen molar-refractivity contribution >= 4 is 22.4 Å². The van der Waals surface area contributed by atoms with E-state index in [2.05, 4.69) is 26.0 Å². The van der Waals surface area contributed by atoms with Crippen LogP contribution < -0.4 is 10.6 Å². The number of rotatable bonds is 4. The first kappa shape index (κ1) is 15.7. The van der Waals surface area contributed by atoms with Crippen LogP contribution in [0.15, 0.2) is 17.5 Å². The van der Waals surface area contributed by atoms with Gasteiger partial charge in [0.15, 0.2) is 5.13 Å². The van der Waals surface area contributed by atoms with Crippen molar-refractivity contribution in [3.8, 4) is 0 Å². The van der Waals surface area contributed by atoms with Crippen molar-refractivity contribution in [2.75, 3.05) is 18.4 Å². The number of aromatic nitrogens is 2. The molecule has 2 fully saturated rings. The molecule has 1 saturated carbocycles. The van der Waals surface area contributed by atoms with Gasteiger partial charge in [0.25, 0.3) is 5.91 Å². The number of amides is 1.